The van der Waals surface area contributed by atoms with Crippen molar-refractivity contribution in [1.29, 1.82) is 0 Å². The van der Waals surface area contributed by atoms with Crippen LogP contribution in [0.1, 0.15) is 0 Å². The number of hydrogen-bond donors (Lipinski definition) is 1. The van der Waals surface area contributed by atoms with Gasteiger partial charge in [-0.05, 0) is 16.5 Å². The summed E-state index contributed by atoms with van der Waals surface area (Å²) in [6.07, 6.45) is 1.57. The molecule has 2 rings (SSSR count). The highest BCUT2D eigenvalue weighted by Crippen LogP contribution is 2.12. The Labute approximate surface area is 95.1 Å². The molecule has 2 heterocycles. The number of tetrazole rings is 1. The molecule has 2 aromatic heterocycles. The standard InChI is InChI=1S/C9H9N5O3/c1-13-3-2-6(4-7(13)15)9-10-11-12-14(9)5-8(16)17/h2-4H,5H2,1H3,(H,16,17). The van der Waals surface area contributed by atoms with E-state index in [2.05, 4.69) is 15.5 Å². The van der Waals surface area contributed by atoms with E-state index in [1.807, 2.05) is 0 Å². The van der Waals surface area contributed by atoms with Gasteiger partial charge in [0.1, 0.15) is 6.54 Å². The first-order chi connectivity index (χ1) is 8.08. The van der Waals surface area contributed by atoms with E-state index in [0.717, 1.165) is 4.68 Å². The van der Waals surface area contributed by atoms with Crippen LogP contribution in [-0.4, -0.2) is 35.9 Å². The second kappa shape index (κ2) is 4.16. The van der Waals surface area contributed by atoms with Crippen LogP contribution in [0.15, 0.2) is 23.1 Å². The van der Waals surface area contributed by atoms with E-state index in [-0.39, 0.29) is 17.9 Å². The van der Waals surface area contributed by atoms with Crippen molar-refractivity contribution >= 4 is 5.97 Å². The fourth-order valence-electron chi connectivity index (χ4n) is 1.33. The van der Waals surface area contributed by atoms with Crippen LogP contribution in [0.3, 0.4) is 0 Å². The first-order valence-electron chi connectivity index (χ1n) is 4.73. The number of hydrogen-bond acceptors (Lipinski definition) is 5. The summed E-state index contributed by atoms with van der Waals surface area (Å²) in [5.74, 6) is -0.799. The molecule has 0 fully saturated rings. The molecule has 0 unspecified atom stereocenters. The number of nitrogens with zero attached hydrogens (tertiary/aromatic N) is 5. The van der Waals surface area contributed by atoms with Gasteiger partial charge in [-0.1, -0.05) is 0 Å². The normalized spacial score (nSPS) is 10.4. The van der Waals surface area contributed by atoms with Gasteiger partial charge in [0.15, 0.2) is 5.82 Å². The van der Waals surface area contributed by atoms with Crippen molar-refractivity contribution in [3.8, 4) is 11.4 Å². The number of carbonyl (C=O) groups is 1. The summed E-state index contributed by atoms with van der Waals surface area (Å²) in [4.78, 5) is 22.0. The molecule has 0 atom stereocenters. The summed E-state index contributed by atoms with van der Waals surface area (Å²) < 4.78 is 2.52. The highest BCUT2D eigenvalue weighted by Gasteiger charge is 2.11. The van der Waals surface area contributed by atoms with Crippen LogP contribution in [0.4, 0.5) is 0 Å². The van der Waals surface area contributed by atoms with E-state index < -0.39 is 5.97 Å². The average Bonchev–Trinajstić information content (AvgIpc) is 2.69. The predicted molar refractivity (Wildman–Crippen MR) is 56.1 cm³/mol. The highest BCUT2D eigenvalue weighted by molar-refractivity contribution is 5.67. The Hall–Kier alpha value is -2.51. The molecule has 0 aromatic carbocycles. The molecule has 88 valence electrons. The Balaban J connectivity index is 2.46. The molecule has 17 heavy (non-hydrogen) atoms. The molecule has 8 nitrogen and oxygen atoms in total. The van der Waals surface area contributed by atoms with Crippen molar-refractivity contribution in [2.24, 2.45) is 7.05 Å². The molecule has 0 bridgehead atoms. The number of aromatic nitrogens is 5. The van der Waals surface area contributed by atoms with Gasteiger partial charge in [0.2, 0.25) is 0 Å². The fraction of sp³-hybridized carbons (Fsp3) is 0.222. The molecule has 0 spiro atoms. The highest BCUT2D eigenvalue weighted by atomic mass is 16.4. The Morgan fingerprint density at radius 3 is 2.94 bits per heavy atom. The zero-order valence-corrected chi connectivity index (χ0v) is 8.94. The van der Waals surface area contributed by atoms with Crippen LogP contribution in [0, 0.1) is 0 Å². The van der Waals surface area contributed by atoms with Gasteiger partial charge in [0.25, 0.3) is 5.56 Å². The van der Waals surface area contributed by atoms with E-state index >= 15 is 0 Å². The summed E-state index contributed by atoms with van der Waals surface area (Å²) in [6.45, 7) is -0.350. The number of rotatable bonds is 3. The molecule has 0 aliphatic carbocycles. The third-order valence-electron chi connectivity index (χ3n) is 2.18. The van der Waals surface area contributed by atoms with E-state index in [4.69, 9.17) is 5.11 Å². The molecule has 0 saturated heterocycles. The van der Waals surface area contributed by atoms with Crippen LogP contribution < -0.4 is 5.56 Å². The summed E-state index contributed by atoms with van der Waals surface area (Å²) in [5.41, 5.74) is 0.270. The lowest BCUT2D eigenvalue weighted by atomic mass is 10.2. The molecule has 0 saturated carbocycles. The number of pyridine rings is 1. The first-order valence-corrected chi connectivity index (χ1v) is 4.73. The Morgan fingerprint density at radius 2 is 2.29 bits per heavy atom. The minimum Gasteiger partial charge on any atom is -0.480 e. The number of carboxylic acid groups (broad SMARTS) is 1. The summed E-state index contributed by atoms with van der Waals surface area (Å²) in [7, 11) is 1.62. The lowest BCUT2D eigenvalue weighted by Gasteiger charge is -2.02. The van der Waals surface area contributed by atoms with Crippen LogP contribution in [-0.2, 0) is 18.4 Å². The SMILES string of the molecule is Cn1ccc(-c2nnnn2CC(=O)O)cc1=O. The van der Waals surface area contributed by atoms with E-state index in [1.165, 1.54) is 10.6 Å². The molecule has 1 N–H and O–H groups in total. The quantitative estimate of drug-likeness (QED) is 0.741. The van der Waals surface area contributed by atoms with Crippen LogP contribution in [0.25, 0.3) is 11.4 Å². The molecule has 0 radical (unpaired) electrons. The third kappa shape index (κ3) is 2.19. The van der Waals surface area contributed by atoms with Crippen LogP contribution in [0.2, 0.25) is 0 Å². The zero-order chi connectivity index (χ0) is 12.4. The first kappa shape index (κ1) is 11.0. The van der Waals surface area contributed by atoms with Crippen molar-refractivity contribution in [2.45, 2.75) is 6.54 Å². The van der Waals surface area contributed by atoms with Gasteiger partial charge in [-0.25, -0.2) is 4.68 Å². The van der Waals surface area contributed by atoms with Gasteiger partial charge in [-0.15, -0.1) is 5.10 Å². The minimum absolute atomic E-state index is 0.215. The largest absolute Gasteiger partial charge is 0.480 e. The molecular weight excluding hydrogens is 226 g/mol. The van der Waals surface area contributed by atoms with Crippen molar-refractivity contribution in [1.82, 2.24) is 24.8 Å². The molecule has 0 amide bonds. The fourth-order valence-corrected chi connectivity index (χ4v) is 1.33. The maximum Gasteiger partial charge on any atom is 0.325 e. The topological polar surface area (TPSA) is 103 Å². The average molecular weight is 235 g/mol. The van der Waals surface area contributed by atoms with Crippen LogP contribution in [0.5, 0.6) is 0 Å². The monoisotopic (exact) mass is 235 g/mol. The van der Waals surface area contributed by atoms with Crippen molar-refractivity contribution in [3.05, 3.63) is 28.7 Å². The lowest BCUT2D eigenvalue weighted by molar-refractivity contribution is -0.137. The lowest BCUT2D eigenvalue weighted by Crippen LogP contribution is -2.16. The second-order valence-corrected chi connectivity index (χ2v) is 3.42. The summed E-state index contributed by atoms with van der Waals surface area (Å²) in [5, 5.41) is 19.3. The van der Waals surface area contributed by atoms with E-state index in [1.54, 1.807) is 19.3 Å². The van der Waals surface area contributed by atoms with Crippen molar-refractivity contribution in [2.75, 3.05) is 0 Å². The summed E-state index contributed by atoms with van der Waals surface area (Å²) >= 11 is 0. The number of aliphatic carboxylic acids is 1. The van der Waals surface area contributed by atoms with Gasteiger partial charge in [-0.2, -0.15) is 0 Å². The minimum atomic E-state index is -1.05. The van der Waals surface area contributed by atoms with E-state index in [0.29, 0.717) is 5.56 Å². The number of carboxylic acids is 1. The van der Waals surface area contributed by atoms with Gasteiger partial charge >= 0.3 is 5.97 Å². The third-order valence-corrected chi connectivity index (χ3v) is 2.18. The molecule has 0 aliphatic heterocycles. The van der Waals surface area contributed by atoms with Crippen molar-refractivity contribution in [3.63, 3.8) is 0 Å². The Kier molecular flexibility index (Phi) is 2.69. The Bertz CT molecular complexity index is 615. The maximum atomic E-state index is 11.4. The Morgan fingerprint density at radius 1 is 1.53 bits per heavy atom. The predicted octanol–water partition coefficient (Wildman–Crippen LogP) is -0.877. The van der Waals surface area contributed by atoms with Crippen molar-refractivity contribution < 1.29 is 9.90 Å². The van der Waals surface area contributed by atoms with E-state index in [9.17, 15) is 9.59 Å². The van der Waals surface area contributed by atoms with Gasteiger partial charge in [0.05, 0.1) is 0 Å². The van der Waals surface area contributed by atoms with Gasteiger partial charge < -0.3 is 9.67 Å². The molecule has 2 aromatic rings. The van der Waals surface area contributed by atoms with Gasteiger partial charge in [-0.3, -0.25) is 9.59 Å². The molecule has 8 heteroatoms. The second-order valence-electron chi connectivity index (χ2n) is 3.42. The zero-order valence-electron chi connectivity index (χ0n) is 8.94. The van der Waals surface area contributed by atoms with Gasteiger partial charge in [0, 0.05) is 24.9 Å². The maximum absolute atomic E-state index is 11.4. The smallest absolute Gasteiger partial charge is 0.325 e. The molecule has 0 aliphatic rings. The molecular formula is C9H9N5O3. The van der Waals surface area contributed by atoms with Crippen LogP contribution >= 0.6 is 0 Å². The number of aryl methyl sites for hydroxylation is 1. The summed E-state index contributed by atoms with van der Waals surface area (Å²) in [6, 6.07) is 3.00.